The van der Waals surface area contributed by atoms with Crippen LogP contribution in [0.5, 0.6) is 0 Å². The van der Waals surface area contributed by atoms with Gasteiger partial charge in [0.05, 0.1) is 24.9 Å². The number of benzene rings is 1. The molecule has 308 valence electrons. The van der Waals surface area contributed by atoms with Crippen LogP contribution in [0.25, 0.3) is 6.08 Å². The zero-order valence-corrected chi connectivity index (χ0v) is 33.7. The van der Waals surface area contributed by atoms with Crippen LogP contribution in [0.4, 0.5) is 0 Å². The zero-order chi connectivity index (χ0) is 39.1. The molecule has 11 atom stereocenters. The zero-order valence-electron chi connectivity index (χ0n) is 33.7. The lowest BCUT2D eigenvalue weighted by Crippen LogP contribution is -2.70. The smallest absolute Gasteiger partial charge is 0.327 e. The van der Waals surface area contributed by atoms with E-state index in [0.29, 0.717) is 42.7 Å². The van der Waals surface area contributed by atoms with Crippen LogP contribution in [-0.2, 0) is 44.7 Å². The lowest BCUT2D eigenvalue weighted by molar-refractivity contribution is -0.235. The first-order chi connectivity index (χ1) is 27.4. The molecular weight excluding hydrogens is 727 g/mol. The SMILES string of the molecule is CC1(C)CC2C(=Cc3cccc(CN4OC5C6OC(C7CC7)(C7CC7)OC6C6CC5(C(=O)N5CCCC5C(=O)NCCO)C4C(=O)O6)c3)CCC3OC3(C)CCC21. The van der Waals surface area contributed by atoms with Gasteiger partial charge in [-0.25, -0.2) is 0 Å². The van der Waals surface area contributed by atoms with Crippen molar-refractivity contribution in [2.24, 2.45) is 34.5 Å². The van der Waals surface area contributed by atoms with E-state index in [1.165, 1.54) is 18.4 Å². The van der Waals surface area contributed by atoms with E-state index in [9.17, 15) is 14.7 Å². The molecule has 57 heavy (non-hydrogen) atoms. The van der Waals surface area contributed by atoms with Gasteiger partial charge in [0.25, 0.3) is 0 Å². The fourth-order valence-electron chi connectivity index (χ4n) is 12.9. The largest absolute Gasteiger partial charge is 0.458 e. The van der Waals surface area contributed by atoms with Gasteiger partial charge in [0.1, 0.15) is 35.9 Å². The van der Waals surface area contributed by atoms with E-state index in [4.69, 9.17) is 23.8 Å². The topological polar surface area (TPSA) is 139 Å². The van der Waals surface area contributed by atoms with Gasteiger partial charge in [-0.15, -0.1) is 0 Å². The first kappa shape index (κ1) is 37.2. The molecule has 11 unspecified atom stereocenters. The molecule has 5 heterocycles. The number of nitrogens with zero attached hydrogens (tertiary/aromatic N) is 2. The Morgan fingerprint density at radius 2 is 1.77 bits per heavy atom. The summed E-state index contributed by atoms with van der Waals surface area (Å²) in [5, 5.41) is 13.9. The maximum atomic E-state index is 15.3. The summed E-state index contributed by atoms with van der Waals surface area (Å²) in [5.41, 5.74) is 2.64. The van der Waals surface area contributed by atoms with Gasteiger partial charge >= 0.3 is 5.97 Å². The molecule has 11 rings (SSSR count). The van der Waals surface area contributed by atoms with Crippen LogP contribution in [0.3, 0.4) is 0 Å². The van der Waals surface area contributed by atoms with Gasteiger partial charge in [0.2, 0.25) is 11.8 Å². The summed E-state index contributed by atoms with van der Waals surface area (Å²) in [4.78, 5) is 51.8. The summed E-state index contributed by atoms with van der Waals surface area (Å²) in [7, 11) is 0. The number of esters is 1. The monoisotopic (exact) mass is 785 g/mol. The number of carbonyl (C=O) groups excluding carboxylic acids is 3. The Labute approximate surface area is 335 Å². The molecule has 12 nitrogen and oxygen atoms in total. The third-order valence-corrected chi connectivity index (χ3v) is 16.1. The van der Waals surface area contributed by atoms with Crippen molar-refractivity contribution < 1.29 is 43.3 Å². The Kier molecular flexibility index (Phi) is 8.51. The number of allylic oxidation sites excluding steroid dienone is 1. The van der Waals surface area contributed by atoms with Crippen molar-refractivity contribution in [1.29, 1.82) is 0 Å². The molecule has 2 amide bonds. The van der Waals surface area contributed by atoms with E-state index in [-0.39, 0.29) is 55.4 Å². The highest BCUT2D eigenvalue weighted by atomic mass is 16.8. The molecule has 2 bridgehead atoms. The van der Waals surface area contributed by atoms with Gasteiger partial charge in [-0.3, -0.25) is 19.2 Å². The molecule has 5 aliphatic heterocycles. The molecular formula is C45H59N3O9. The van der Waals surface area contributed by atoms with Crippen molar-refractivity contribution in [1.82, 2.24) is 15.3 Å². The van der Waals surface area contributed by atoms with Crippen molar-refractivity contribution >= 4 is 23.9 Å². The van der Waals surface area contributed by atoms with Crippen molar-refractivity contribution in [2.45, 2.75) is 158 Å². The highest BCUT2D eigenvalue weighted by Crippen LogP contribution is 2.64. The van der Waals surface area contributed by atoms with Gasteiger partial charge < -0.3 is 34.3 Å². The summed E-state index contributed by atoms with van der Waals surface area (Å²) in [5.74, 6) is 0.00578. The van der Waals surface area contributed by atoms with Crippen LogP contribution < -0.4 is 5.32 Å². The Bertz CT molecular complexity index is 1860. The highest BCUT2D eigenvalue weighted by Gasteiger charge is 2.78. The standard InChI is InChI=1S/C45H59N3O9/c1-42(2)22-30-27(9-14-34-43(3,54-34)16-15-31(30)42)21-25-6-4-7-26(20-25)24-48-37-40(51)53-33-23-44(37,41(52)47-18-5-8-32(47)39(50)46-17-19-49)38(57-48)36-35(33)55-45(56-36,28-10-11-28)29-12-13-29/h4,6-7,20-21,28-38,49H,5,8-19,22-24H2,1-3H3,(H,46,50). The number of carbonyl (C=O) groups is 3. The summed E-state index contributed by atoms with van der Waals surface area (Å²) in [6.45, 7) is 7.72. The van der Waals surface area contributed by atoms with Gasteiger partial charge in [0, 0.05) is 31.3 Å². The minimum atomic E-state index is -1.32. The van der Waals surface area contributed by atoms with E-state index in [1.807, 2.05) is 0 Å². The molecule has 12 heteroatoms. The van der Waals surface area contributed by atoms with Crippen molar-refractivity contribution in [3.05, 3.63) is 41.0 Å². The number of rotatable bonds is 9. The summed E-state index contributed by atoms with van der Waals surface area (Å²) in [6.07, 6.45) is 11.3. The molecule has 10 aliphatic rings. The number of aliphatic hydroxyl groups excluding tert-OH is 1. The van der Waals surface area contributed by atoms with Crippen molar-refractivity contribution in [2.75, 3.05) is 19.7 Å². The Morgan fingerprint density at radius 3 is 2.53 bits per heavy atom. The molecule has 0 aromatic heterocycles. The predicted octanol–water partition coefficient (Wildman–Crippen LogP) is 4.66. The second kappa shape index (κ2) is 13.1. The highest BCUT2D eigenvalue weighted by molar-refractivity contribution is 5.96. The number of hydrogen-bond acceptors (Lipinski definition) is 10. The number of ether oxygens (including phenoxy) is 4. The minimum absolute atomic E-state index is 0.0342. The van der Waals surface area contributed by atoms with Crippen molar-refractivity contribution in [3.8, 4) is 0 Å². The number of hydrogen-bond donors (Lipinski definition) is 2. The number of fused-ring (bicyclic) bond motifs is 6. The number of nitrogens with one attached hydrogen (secondary N) is 1. The second-order valence-electron chi connectivity index (χ2n) is 20.2. The fraction of sp³-hybridized carbons (Fsp3) is 0.756. The summed E-state index contributed by atoms with van der Waals surface area (Å²) >= 11 is 0. The van der Waals surface area contributed by atoms with Gasteiger partial charge in [-0.2, -0.15) is 5.06 Å². The molecule has 5 saturated carbocycles. The van der Waals surface area contributed by atoms with Gasteiger partial charge in [-0.1, -0.05) is 49.8 Å². The number of hydroxylamine groups is 2. The maximum Gasteiger partial charge on any atom is 0.327 e. The van der Waals surface area contributed by atoms with Crippen LogP contribution in [-0.4, -0.2) is 107 Å². The molecule has 5 saturated heterocycles. The average Bonchev–Trinajstić information content (AvgIpc) is 4.15. The number of epoxide rings is 1. The quantitative estimate of drug-likeness (QED) is 0.269. The molecule has 0 radical (unpaired) electrons. The van der Waals surface area contributed by atoms with Crippen LogP contribution in [0, 0.1) is 34.5 Å². The molecule has 2 N–H and O–H groups in total. The Balaban J connectivity index is 0.920. The predicted molar refractivity (Wildman–Crippen MR) is 205 cm³/mol. The third-order valence-electron chi connectivity index (χ3n) is 16.1. The van der Waals surface area contributed by atoms with Gasteiger partial charge in [-0.05, 0) is 106 Å². The average molecular weight is 786 g/mol. The van der Waals surface area contributed by atoms with Crippen LogP contribution in [0.2, 0.25) is 0 Å². The molecule has 0 spiro atoms. The molecule has 10 fully saturated rings. The maximum absolute atomic E-state index is 15.3. The summed E-state index contributed by atoms with van der Waals surface area (Å²) in [6, 6.07) is 6.78. The number of amides is 2. The van der Waals surface area contributed by atoms with E-state index in [1.54, 1.807) is 9.96 Å². The number of aliphatic hydroxyl groups is 1. The van der Waals surface area contributed by atoms with Crippen LogP contribution in [0.1, 0.15) is 109 Å². The van der Waals surface area contributed by atoms with Crippen LogP contribution >= 0.6 is 0 Å². The van der Waals surface area contributed by atoms with Crippen molar-refractivity contribution in [3.63, 3.8) is 0 Å². The summed E-state index contributed by atoms with van der Waals surface area (Å²) < 4.78 is 26.5. The minimum Gasteiger partial charge on any atom is -0.458 e. The normalized spacial score (nSPS) is 43.2. The third kappa shape index (κ3) is 5.77. The van der Waals surface area contributed by atoms with E-state index in [0.717, 1.165) is 56.1 Å². The van der Waals surface area contributed by atoms with Gasteiger partial charge in [0.15, 0.2) is 11.8 Å². The molecule has 1 aromatic rings. The first-order valence-electron chi connectivity index (χ1n) is 22.1. The van der Waals surface area contributed by atoms with E-state index in [2.05, 4.69) is 56.4 Å². The molecule has 5 aliphatic carbocycles. The number of likely N-dealkylation sites (tertiary alicyclic amines) is 1. The van der Waals surface area contributed by atoms with E-state index < -0.39 is 53.7 Å². The van der Waals surface area contributed by atoms with Crippen LogP contribution in [0.15, 0.2) is 29.8 Å². The Hall–Kier alpha value is -2.87. The second-order valence-corrected chi connectivity index (χ2v) is 20.2. The fourth-order valence-corrected chi connectivity index (χ4v) is 12.9. The first-order valence-corrected chi connectivity index (χ1v) is 22.1. The lowest BCUT2D eigenvalue weighted by atomic mass is 9.52. The Morgan fingerprint density at radius 1 is 0.982 bits per heavy atom. The molecule has 1 aromatic carbocycles. The lowest BCUT2D eigenvalue weighted by Gasteiger charge is -2.53. The van der Waals surface area contributed by atoms with E-state index >= 15 is 4.79 Å².